The minimum atomic E-state index is -0.920. The third kappa shape index (κ3) is 2.94. The van der Waals surface area contributed by atoms with Gasteiger partial charge in [0.15, 0.2) is 0 Å². The highest BCUT2D eigenvalue weighted by Crippen LogP contribution is 2.22. The van der Waals surface area contributed by atoms with Gasteiger partial charge in [-0.05, 0) is 6.07 Å². The van der Waals surface area contributed by atoms with Crippen LogP contribution >= 0.6 is 0 Å². The molecular weight excluding hydrogens is 214 g/mol. The maximum atomic E-state index is 10.6. The number of anilines is 1. The molecule has 16 heavy (non-hydrogen) atoms. The topological polar surface area (TPSA) is 134 Å². The van der Waals surface area contributed by atoms with E-state index in [2.05, 4.69) is 5.32 Å². The van der Waals surface area contributed by atoms with E-state index in [0.29, 0.717) is 0 Å². The summed E-state index contributed by atoms with van der Waals surface area (Å²) in [5.41, 5.74) is 4.69. The number of guanidine groups is 1. The van der Waals surface area contributed by atoms with Gasteiger partial charge in [0.25, 0.3) is 5.69 Å². The molecule has 1 aromatic carbocycles. The first-order chi connectivity index (χ1) is 7.50. The van der Waals surface area contributed by atoms with Crippen LogP contribution in [0.3, 0.4) is 0 Å². The molecule has 1 aromatic rings. The highest BCUT2D eigenvalue weighted by molar-refractivity contribution is 6.02. The SMILES string of the molecule is N=C(NC(N)=O)Nc1ccccc1[N+](=O)[O-]. The number of nitro benzene ring substituents is 1. The molecule has 0 saturated heterocycles. The Bertz CT molecular complexity index is 445. The lowest BCUT2D eigenvalue weighted by Crippen LogP contribution is -2.38. The third-order valence-corrected chi connectivity index (χ3v) is 1.61. The molecule has 0 aromatic heterocycles. The molecule has 0 unspecified atom stereocenters. The zero-order chi connectivity index (χ0) is 12.1. The predicted octanol–water partition coefficient (Wildman–Crippen LogP) is 0.610. The molecule has 0 aliphatic heterocycles. The van der Waals surface area contributed by atoms with Crippen LogP contribution in [0.15, 0.2) is 24.3 Å². The first-order valence-corrected chi connectivity index (χ1v) is 4.16. The number of rotatable bonds is 2. The second kappa shape index (κ2) is 4.73. The van der Waals surface area contributed by atoms with Crippen LogP contribution in [0, 0.1) is 15.5 Å². The number of urea groups is 1. The second-order valence-corrected chi connectivity index (χ2v) is 2.76. The number of nitrogens with zero attached hydrogens (tertiary/aromatic N) is 1. The lowest BCUT2D eigenvalue weighted by atomic mass is 10.3. The molecule has 0 saturated carbocycles. The van der Waals surface area contributed by atoms with Gasteiger partial charge < -0.3 is 11.1 Å². The van der Waals surface area contributed by atoms with E-state index in [1.807, 2.05) is 5.32 Å². The number of hydrogen-bond acceptors (Lipinski definition) is 4. The van der Waals surface area contributed by atoms with Crippen molar-refractivity contribution in [2.24, 2.45) is 5.73 Å². The van der Waals surface area contributed by atoms with E-state index in [9.17, 15) is 14.9 Å². The van der Waals surface area contributed by atoms with Crippen LogP contribution in [0.5, 0.6) is 0 Å². The third-order valence-electron chi connectivity index (χ3n) is 1.61. The van der Waals surface area contributed by atoms with Gasteiger partial charge in [-0.1, -0.05) is 12.1 Å². The molecule has 0 aliphatic carbocycles. The fourth-order valence-corrected chi connectivity index (χ4v) is 1.03. The van der Waals surface area contributed by atoms with Crippen LogP contribution < -0.4 is 16.4 Å². The summed E-state index contributed by atoms with van der Waals surface area (Å²) in [6.45, 7) is 0. The summed E-state index contributed by atoms with van der Waals surface area (Å²) in [5.74, 6) is -0.429. The maximum absolute atomic E-state index is 10.6. The highest BCUT2D eigenvalue weighted by Gasteiger charge is 2.13. The van der Waals surface area contributed by atoms with Crippen molar-refractivity contribution in [3.05, 3.63) is 34.4 Å². The van der Waals surface area contributed by atoms with E-state index < -0.39 is 16.9 Å². The summed E-state index contributed by atoms with van der Waals surface area (Å²) >= 11 is 0. The molecule has 0 radical (unpaired) electrons. The molecule has 1 rings (SSSR count). The number of nitrogens with one attached hydrogen (secondary N) is 3. The Kier molecular flexibility index (Phi) is 3.38. The Morgan fingerprint density at radius 2 is 2.06 bits per heavy atom. The minimum absolute atomic E-state index is 0.103. The highest BCUT2D eigenvalue weighted by atomic mass is 16.6. The molecular formula is C8H9N5O3. The quantitative estimate of drug-likeness (QED) is 0.253. The van der Waals surface area contributed by atoms with Crippen LogP contribution in [0.4, 0.5) is 16.2 Å². The van der Waals surface area contributed by atoms with Gasteiger partial charge in [0.2, 0.25) is 5.96 Å². The summed E-state index contributed by atoms with van der Waals surface area (Å²) in [6, 6.07) is 4.83. The molecule has 0 spiro atoms. The molecule has 0 fully saturated rings. The second-order valence-electron chi connectivity index (χ2n) is 2.76. The fourth-order valence-electron chi connectivity index (χ4n) is 1.03. The summed E-state index contributed by atoms with van der Waals surface area (Å²) in [7, 11) is 0. The van der Waals surface area contributed by atoms with Crippen molar-refractivity contribution in [1.29, 1.82) is 5.41 Å². The van der Waals surface area contributed by atoms with Crippen LogP contribution in [-0.2, 0) is 0 Å². The van der Waals surface area contributed by atoms with Gasteiger partial charge >= 0.3 is 6.03 Å². The van der Waals surface area contributed by atoms with E-state index >= 15 is 0 Å². The van der Waals surface area contributed by atoms with E-state index in [1.165, 1.54) is 18.2 Å². The van der Waals surface area contributed by atoms with Crippen molar-refractivity contribution < 1.29 is 9.72 Å². The van der Waals surface area contributed by atoms with Gasteiger partial charge in [0.1, 0.15) is 5.69 Å². The van der Waals surface area contributed by atoms with Crippen molar-refractivity contribution >= 4 is 23.4 Å². The first kappa shape index (κ1) is 11.4. The molecule has 2 amide bonds. The van der Waals surface area contributed by atoms with Gasteiger partial charge in [-0.25, -0.2) is 4.79 Å². The lowest BCUT2D eigenvalue weighted by Gasteiger charge is -2.07. The molecule has 0 bridgehead atoms. The molecule has 8 heteroatoms. The number of para-hydroxylation sites is 2. The number of nitro groups is 1. The number of amides is 2. The van der Waals surface area contributed by atoms with Crippen LogP contribution in [-0.4, -0.2) is 16.9 Å². The van der Waals surface area contributed by atoms with E-state index in [0.717, 1.165) is 0 Å². The Morgan fingerprint density at radius 1 is 1.44 bits per heavy atom. The van der Waals surface area contributed by atoms with E-state index in [4.69, 9.17) is 11.1 Å². The van der Waals surface area contributed by atoms with Crippen molar-refractivity contribution in [2.75, 3.05) is 5.32 Å². The average Bonchev–Trinajstić information content (AvgIpc) is 2.16. The summed E-state index contributed by atoms with van der Waals surface area (Å²) in [4.78, 5) is 20.4. The van der Waals surface area contributed by atoms with Gasteiger partial charge in [-0.3, -0.25) is 20.8 Å². The van der Waals surface area contributed by atoms with Gasteiger partial charge in [-0.2, -0.15) is 0 Å². The number of benzene rings is 1. The number of carbonyl (C=O) groups is 1. The van der Waals surface area contributed by atoms with Crippen molar-refractivity contribution in [1.82, 2.24) is 5.32 Å². The zero-order valence-electron chi connectivity index (χ0n) is 8.06. The molecule has 8 nitrogen and oxygen atoms in total. The Labute approximate surface area is 90.1 Å². The largest absolute Gasteiger partial charge is 0.351 e. The number of primary amides is 1. The Hall–Kier alpha value is -2.64. The Morgan fingerprint density at radius 3 is 2.62 bits per heavy atom. The monoisotopic (exact) mass is 223 g/mol. The van der Waals surface area contributed by atoms with Crippen LogP contribution in [0.2, 0.25) is 0 Å². The molecule has 84 valence electrons. The summed E-state index contributed by atoms with van der Waals surface area (Å²) in [6.07, 6.45) is 0. The molecule has 0 aliphatic rings. The van der Waals surface area contributed by atoms with Crippen molar-refractivity contribution in [2.45, 2.75) is 0 Å². The van der Waals surface area contributed by atoms with Crippen molar-refractivity contribution in [3.8, 4) is 0 Å². The van der Waals surface area contributed by atoms with Crippen LogP contribution in [0.25, 0.3) is 0 Å². The Balaban J connectivity index is 2.84. The first-order valence-electron chi connectivity index (χ1n) is 4.16. The van der Waals surface area contributed by atoms with Gasteiger partial charge in [0, 0.05) is 6.07 Å². The smallest absolute Gasteiger partial charge is 0.318 e. The average molecular weight is 223 g/mol. The van der Waals surface area contributed by atoms with Gasteiger partial charge in [-0.15, -0.1) is 0 Å². The molecule has 0 heterocycles. The summed E-state index contributed by atoms with van der Waals surface area (Å²) in [5, 5.41) is 22.2. The van der Waals surface area contributed by atoms with E-state index in [1.54, 1.807) is 6.07 Å². The number of carbonyl (C=O) groups excluding carboxylic acids is 1. The number of nitrogens with two attached hydrogens (primary N) is 1. The predicted molar refractivity (Wildman–Crippen MR) is 57.2 cm³/mol. The maximum Gasteiger partial charge on any atom is 0.318 e. The molecule has 0 atom stereocenters. The van der Waals surface area contributed by atoms with Gasteiger partial charge in [0.05, 0.1) is 4.92 Å². The normalized spacial score (nSPS) is 9.25. The van der Waals surface area contributed by atoms with Crippen molar-refractivity contribution in [3.63, 3.8) is 0 Å². The molecule has 5 N–H and O–H groups in total. The lowest BCUT2D eigenvalue weighted by molar-refractivity contribution is -0.383. The standard InChI is InChI=1S/C8H9N5O3/c9-7(12-8(10)14)11-5-3-1-2-4-6(5)13(15)16/h1-4H,(H5,9,10,11,12,14). The van der Waals surface area contributed by atoms with E-state index in [-0.39, 0.29) is 11.4 Å². The minimum Gasteiger partial charge on any atom is -0.351 e. The summed E-state index contributed by atoms with van der Waals surface area (Å²) < 4.78 is 0. The fraction of sp³-hybridized carbons (Fsp3) is 0. The van der Waals surface area contributed by atoms with Crippen LogP contribution in [0.1, 0.15) is 0 Å². The number of hydrogen-bond donors (Lipinski definition) is 4. The zero-order valence-corrected chi connectivity index (χ0v) is 8.06.